The van der Waals surface area contributed by atoms with E-state index >= 15 is 0 Å². The zero-order valence-corrected chi connectivity index (χ0v) is 50.7. The molecule has 10 rings (SSSR count). The van der Waals surface area contributed by atoms with E-state index in [0.717, 1.165) is 33.5 Å². The molecule has 4 heterocycles. The molecule has 0 aliphatic carbocycles. The summed E-state index contributed by atoms with van der Waals surface area (Å²) in [6.07, 6.45) is -4.86. The molecule has 0 bridgehead atoms. The van der Waals surface area contributed by atoms with Crippen molar-refractivity contribution >= 4 is 66.8 Å². The molecule has 0 unspecified atom stereocenters. The fraction of sp³-hybridized carbons (Fsp3) is 0.312. The van der Waals surface area contributed by atoms with E-state index in [-0.39, 0.29) is 62.1 Å². The van der Waals surface area contributed by atoms with Gasteiger partial charge in [0.25, 0.3) is 11.8 Å². The lowest BCUT2D eigenvalue weighted by Gasteiger charge is -2.31. The molecule has 88 heavy (non-hydrogen) atoms. The number of anilines is 2. The van der Waals surface area contributed by atoms with Gasteiger partial charge in [0.05, 0.1) is 48.4 Å². The fourth-order valence-electron chi connectivity index (χ4n) is 10.4. The molecular weight excluding hydrogens is 1190 g/mol. The second-order valence-electron chi connectivity index (χ2n) is 21.6. The molecule has 7 aromatic rings. The van der Waals surface area contributed by atoms with E-state index in [1.807, 2.05) is 49.4 Å². The Morgan fingerprint density at radius 3 is 1.62 bits per heavy atom. The molecular formula is C64H68F2N6O13S3. The summed E-state index contributed by atoms with van der Waals surface area (Å²) in [6.45, 7) is 2.64. The van der Waals surface area contributed by atoms with Gasteiger partial charge in [0.1, 0.15) is 16.5 Å². The number of aryl methyl sites for hydroxylation is 2. The second kappa shape index (κ2) is 29.4. The van der Waals surface area contributed by atoms with E-state index < -0.39 is 104 Å². The Hall–Kier alpha value is -7.94. The summed E-state index contributed by atoms with van der Waals surface area (Å²) in [5.74, 6) is -3.27. The molecule has 3 saturated heterocycles. The number of carbonyl (C=O) groups excluding carboxylic acids is 4. The molecule has 4 N–H and O–H groups in total. The summed E-state index contributed by atoms with van der Waals surface area (Å²) >= 11 is 1.26. The number of ether oxygens (including phenoxy) is 3. The normalized spacial score (nSPS) is 18.2. The number of sulfonamides is 2. The Bertz CT molecular complexity index is 3730. The standard InChI is InChI=1S/C32H31F2N3O6S2.C32H37N3O7S/c1-21-15-26(34)30(17-25(21)33)45(41,42)36(18-24-13-8-14-44-24)19-28(38)27(16-22-9-4-2-5-10-22)35-31(39)29-20-37(32(40)43-29)23-11-6-3-7-12-23;1-23-10-8-16-27(18-23)43(39,40)34(20-26-15-9-17-41-26)21-29(36)28(19-24-11-4-2-5-12-24)33-31(37)30-22-35(32(38)42-30)25-13-6-3-7-14-25/h2-15,17,27-29,38H,16,18-20H2,1H3,(H,35,39);2-8,10-14,16,18,26,28-30,36H,9,15,17,19-22H2,1H3,(H,33,37)/t27-,28+,29-;26-,28+,29-,30+/m01/s1. The number of benzene rings is 6. The monoisotopic (exact) mass is 1260 g/mol. The molecule has 0 radical (unpaired) electrons. The lowest BCUT2D eigenvalue weighted by Crippen LogP contribution is -2.53. The van der Waals surface area contributed by atoms with Gasteiger partial charge in [-0.3, -0.25) is 19.4 Å². The van der Waals surface area contributed by atoms with E-state index in [4.69, 9.17) is 14.2 Å². The second-order valence-corrected chi connectivity index (χ2v) is 26.4. The van der Waals surface area contributed by atoms with Crippen LogP contribution in [-0.2, 0) is 63.2 Å². The summed E-state index contributed by atoms with van der Waals surface area (Å²) in [7, 11) is -8.66. The summed E-state index contributed by atoms with van der Waals surface area (Å²) in [4.78, 5) is 54.5. The van der Waals surface area contributed by atoms with Crippen molar-refractivity contribution in [3.05, 3.63) is 214 Å². The average molecular weight is 1260 g/mol. The topological polar surface area (TPSA) is 242 Å². The molecule has 0 spiro atoms. The highest BCUT2D eigenvalue weighted by molar-refractivity contribution is 7.89. The molecule has 7 atom stereocenters. The van der Waals surface area contributed by atoms with Gasteiger partial charge in [0, 0.05) is 49.0 Å². The van der Waals surface area contributed by atoms with Gasteiger partial charge in [-0.2, -0.15) is 8.61 Å². The molecule has 464 valence electrons. The quantitative estimate of drug-likeness (QED) is 0.0450. The third kappa shape index (κ3) is 16.4. The summed E-state index contributed by atoms with van der Waals surface area (Å²) in [6, 6.07) is 45.3. The number of aliphatic hydroxyl groups excluding tert-OH is 2. The highest BCUT2D eigenvalue weighted by atomic mass is 32.2. The Balaban J connectivity index is 0.000000210. The molecule has 19 nitrogen and oxygen atoms in total. The number of nitrogens with one attached hydrogen (secondary N) is 2. The van der Waals surface area contributed by atoms with Crippen LogP contribution in [-0.4, -0.2) is 142 Å². The first-order valence-corrected chi connectivity index (χ1v) is 32.3. The van der Waals surface area contributed by atoms with Gasteiger partial charge in [0.2, 0.25) is 20.0 Å². The fourth-order valence-corrected chi connectivity index (χ4v) is 14.3. The lowest BCUT2D eigenvalue weighted by molar-refractivity contribution is -0.130. The number of halogens is 2. The third-order valence-electron chi connectivity index (χ3n) is 15.1. The van der Waals surface area contributed by atoms with Crippen molar-refractivity contribution in [2.75, 3.05) is 49.1 Å². The number of amides is 4. The highest BCUT2D eigenvalue weighted by Gasteiger charge is 2.42. The van der Waals surface area contributed by atoms with Crippen LogP contribution in [0.4, 0.5) is 29.7 Å². The summed E-state index contributed by atoms with van der Waals surface area (Å²) < 4.78 is 103. The van der Waals surface area contributed by atoms with E-state index in [9.17, 15) is 55.0 Å². The van der Waals surface area contributed by atoms with E-state index in [0.29, 0.717) is 35.3 Å². The Kier molecular flexibility index (Phi) is 21.5. The van der Waals surface area contributed by atoms with Crippen LogP contribution >= 0.6 is 11.3 Å². The van der Waals surface area contributed by atoms with E-state index in [1.54, 1.807) is 115 Å². The van der Waals surface area contributed by atoms with Gasteiger partial charge in [-0.15, -0.1) is 11.3 Å². The average Bonchev–Trinajstić information content (AvgIpc) is 2.65. The molecule has 3 fully saturated rings. The minimum Gasteiger partial charge on any atom is -0.434 e. The van der Waals surface area contributed by atoms with Crippen LogP contribution in [0.25, 0.3) is 0 Å². The van der Waals surface area contributed by atoms with Crippen LogP contribution in [0, 0.1) is 25.5 Å². The molecule has 3 aliphatic rings. The van der Waals surface area contributed by atoms with Crippen LogP contribution in [0.15, 0.2) is 185 Å². The largest absolute Gasteiger partial charge is 0.434 e. The van der Waals surface area contributed by atoms with Crippen molar-refractivity contribution in [2.24, 2.45) is 0 Å². The van der Waals surface area contributed by atoms with Gasteiger partial charge >= 0.3 is 12.2 Å². The number of rotatable bonds is 24. The molecule has 0 saturated carbocycles. The van der Waals surface area contributed by atoms with Crippen LogP contribution < -0.4 is 20.4 Å². The van der Waals surface area contributed by atoms with Crippen molar-refractivity contribution in [1.29, 1.82) is 0 Å². The molecule has 1 aromatic heterocycles. The maximum absolute atomic E-state index is 14.9. The Labute approximate surface area is 514 Å². The van der Waals surface area contributed by atoms with Gasteiger partial charge in [0.15, 0.2) is 12.2 Å². The van der Waals surface area contributed by atoms with Gasteiger partial charge in [-0.1, -0.05) is 115 Å². The third-order valence-corrected chi connectivity index (χ3v) is 19.6. The van der Waals surface area contributed by atoms with Crippen molar-refractivity contribution < 1.29 is 69.2 Å². The maximum Gasteiger partial charge on any atom is 0.415 e. The van der Waals surface area contributed by atoms with Crippen LogP contribution in [0.1, 0.15) is 40.0 Å². The molecule has 24 heteroatoms. The predicted octanol–water partition coefficient (Wildman–Crippen LogP) is 7.92. The number of cyclic esters (lactones) is 2. The van der Waals surface area contributed by atoms with Crippen molar-refractivity contribution in [2.45, 2.75) is 98.5 Å². The lowest BCUT2D eigenvalue weighted by atomic mass is 10.0. The molecule has 4 amide bonds. The van der Waals surface area contributed by atoms with E-state index in [2.05, 4.69) is 10.6 Å². The van der Waals surface area contributed by atoms with Crippen molar-refractivity contribution in [1.82, 2.24) is 19.2 Å². The number of thiophene rings is 1. The minimum atomic E-state index is -4.66. The molecule has 3 aliphatic heterocycles. The molecule has 6 aromatic carbocycles. The number of hydrogen-bond acceptors (Lipinski definition) is 14. The van der Waals surface area contributed by atoms with Crippen LogP contribution in [0.3, 0.4) is 0 Å². The van der Waals surface area contributed by atoms with Gasteiger partial charge < -0.3 is 35.1 Å². The van der Waals surface area contributed by atoms with Crippen LogP contribution in [0.2, 0.25) is 0 Å². The zero-order valence-electron chi connectivity index (χ0n) is 48.2. The SMILES string of the molecule is Cc1cc(F)c(S(=O)(=O)N(Cc2cccs2)C[C@@H](O)[C@H](Cc2ccccc2)NC(=O)[C@@H]2CN(c3ccccc3)C(=O)O2)cc1F.Cc1cccc(S(=O)(=O)N(C[C@H]2CCCO2)C[C@@H](O)[C@H](Cc2ccccc2)NC(=O)[C@@H]2CN(c3ccccc3)C(=O)O2)c1. The smallest absolute Gasteiger partial charge is 0.415 e. The zero-order chi connectivity index (χ0) is 62.5. The number of nitrogens with zero attached hydrogens (tertiary/aromatic N) is 4. The number of para-hydroxylation sites is 2. The van der Waals surface area contributed by atoms with Crippen LogP contribution in [0.5, 0.6) is 0 Å². The van der Waals surface area contributed by atoms with Crippen molar-refractivity contribution in [3.8, 4) is 0 Å². The first kappa shape index (κ1) is 64.5. The summed E-state index contributed by atoms with van der Waals surface area (Å²) in [5, 5.41) is 30.4. The van der Waals surface area contributed by atoms with Crippen molar-refractivity contribution in [3.63, 3.8) is 0 Å². The number of carbonyl (C=O) groups is 4. The predicted molar refractivity (Wildman–Crippen MR) is 326 cm³/mol. The first-order chi connectivity index (χ1) is 42.2. The summed E-state index contributed by atoms with van der Waals surface area (Å²) in [5.41, 5.74) is 3.47. The highest BCUT2D eigenvalue weighted by Crippen LogP contribution is 2.29. The van der Waals surface area contributed by atoms with Gasteiger partial charge in [-0.05, 0) is 122 Å². The number of hydrogen-bond donors (Lipinski definition) is 4. The minimum absolute atomic E-state index is 0.00964. The number of aliphatic hydroxyl groups is 2. The Morgan fingerprint density at radius 1 is 0.636 bits per heavy atom. The van der Waals surface area contributed by atoms with E-state index in [1.165, 1.54) is 38.4 Å². The maximum atomic E-state index is 14.9. The first-order valence-electron chi connectivity index (χ1n) is 28.5. The Morgan fingerprint density at radius 2 is 1.15 bits per heavy atom. The van der Waals surface area contributed by atoms with Gasteiger partial charge in [-0.25, -0.2) is 35.2 Å².